The van der Waals surface area contributed by atoms with Crippen LogP contribution in [0.5, 0.6) is 5.75 Å². The lowest BCUT2D eigenvalue weighted by Crippen LogP contribution is -2.38. The monoisotopic (exact) mass is 435 g/mol. The van der Waals surface area contributed by atoms with Gasteiger partial charge in [0.2, 0.25) is 5.88 Å². The molecule has 0 saturated heterocycles. The summed E-state index contributed by atoms with van der Waals surface area (Å²) in [6.45, 7) is 8.75. The third kappa shape index (κ3) is 4.96. The van der Waals surface area contributed by atoms with Gasteiger partial charge in [-0.2, -0.15) is 0 Å². The summed E-state index contributed by atoms with van der Waals surface area (Å²) in [5.41, 5.74) is 3.23. The number of methoxy groups -OCH3 is 1. The highest BCUT2D eigenvalue weighted by molar-refractivity contribution is 5.95. The topological polar surface area (TPSA) is 58.8 Å². The molecular weight excluding hydrogens is 402 g/mol. The SMILES string of the molecule is CC[C@H](C)N(Cc1c(-c2ccccc2)noc1N(C)C(C)C)C(=O)c1cccc(OC)c1. The number of carbonyl (C=O) groups is 1. The summed E-state index contributed by atoms with van der Waals surface area (Å²) in [7, 11) is 3.59. The lowest BCUT2D eigenvalue weighted by Gasteiger charge is -2.30. The van der Waals surface area contributed by atoms with E-state index in [1.165, 1.54) is 0 Å². The Morgan fingerprint density at radius 3 is 2.44 bits per heavy atom. The van der Waals surface area contributed by atoms with Crippen molar-refractivity contribution in [2.75, 3.05) is 19.1 Å². The number of hydrogen-bond donors (Lipinski definition) is 0. The molecule has 6 nitrogen and oxygen atoms in total. The van der Waals surface area contributed by atoms with Gasteiger partial charge in [-0.1, -0.05) is 48.5 Å². The van der Waals surface area contributed by atoms with Gasteiger partial charge in [0, 0.05) is 30.3 Å². The van der Waals surface area contributed by atoms with Crippen molar-refractivity contribution in [1.82, 2.24) is 10.1 Å². The van der Waals surface area contributed by atoms with Gasteiger partial charge in [-0.25, -0.2) is 0 Å². The number of nitrogens with zero attached hydrogens (tertiary/aromatic N) is 3. The predicted molar refractivity (Wildman–Crippen MR) is 128 cm³/mol. The van der Waals surface area contributed by atoms with Crippen molar-refractivity contribution < 1.29 is 14.1 Å². The van der Waals surface area contributed by atoms with Gasteiger partial charge in [0.1, 0.15) is 11.4 Å². The summed E-state index contributed by atoms with van der Waals surface area (Å²) >= 11 is 0. The molecule has 0 fully saturated rings. The van der Waals surface area contributed by atoms with E-state index in [0.29, 0.717) is 23.7 Å². The summed E-state index contributed by atoms with van der Waals surface area (Å²) in [4.78, 5) is 17.6. The molecule has 170 valence electrons. The number of hydrogen-bond acceptors (Lipinski definition) is 5. The number of ether oxygens (including phenoxy) is 1. The molecule has 0 saturated carbocycles. The summed E-state index contributed by atoms with van der Waals surface area (Å²) < 4.78 is 11.2. The minimum Gasteiger partial charge on any atom is -0.497 e. The molecule has 1 atom stereocenters. The Kier molecular flexibility index (Phi) is 7.57. The summed E-state index contributed by atoms with van der Waals surface area (Å²) in [5, 5.41) is 4.41. The second-order valence-electron chi connectivity index (χ2n) is 8.31. The van der Waals surface area contributed by atoms with Crippen LogP contribution in [0, 0.1) is 0 Å². The van der Waals surface area contributed by atoms with E-state index in [-0.39, 0.29) is 18.0 Å². The maximum Gasteiger partial charge on any atom is 0.254 e. The molecule has 0 aliphatic rings. The van der Waals surface area contributed by atoms with Gasteiger partial charge < -0.3 is 19.1 Å². The number of benzene rings is 2. The minimum atomic E-state index is -0.0448. The molecule has 32 heavy (non-hydrogen) atoms. The standard InChI is InChI=1S/C26H33N3O3/c1-7-19(4)29(25(30)21-14-11-15-22(16-21)31-6)17-23-24(20-12-9-8-10-13-20)27-32-26(23)28(5)18(2)3/h8-16,18-19H,7,17H2,1-6H3/t19-/m0/s1. The average Bonchev–Trinajstić information content (AvgIpc) is 3.25. The smallest absolute Gasteiger partial charge is 0.254 e. The first-order valence-corrected chi connectivity index (χ1v) is 11.1. The van der Waals surface area contributed by atoms with Crippen LogP contribution in [0.4, 0.5) is 5.88 Å². The van der Waals surface area contributed by atoms with E-state index in [4.69, 9.17) is 9.26 Å². The van der Waals surface area contributed by atoms with Crippen LogP contribution in [0.1, 0.15) is 50.0 Å². The van der Waals surface area contributed by atoms with E-state index in [0.717, 1.165) is 23.2 Å². The number of amides is 1. The van der Waals surface area contributed by atoms with Crippen molar-refractivity contribution in [2.24, 2.45) is 0 Å². The molecule has 0 bridgehead atoms. The number of anilines is 1. The molecule has 0 aliphatic heterocycles. The Balaban J connectivity index is 2.07. The summed E-state index contributed by atoms with van der Waals surface area (Å²) in [6.07, 6.45) is 0.830. The molecule has 1 amide bonds. The Hall–Kier alpha value is -3.28. The third-order valence-corrected chi connectivity index (χ3v) is 5.94. The van der Waals surface area contributed by atoms with Gasteiger partial charge in [-0.05, 0) is 45.4 Å². The molecule has 0 unspecified atom stereocenters. The van der Waals surface area contributed by atoms with Crippen LogP contribution in [0.3, 0.4) is 0 Å². The minimum absolute atomic E-state index is 0.0319. The first-order chi connectivity index (χ1) is 15.4. The van der Waals surface area contributed by atoms with Crippen LogP contribution in [0.15, 0.2) is 59.1 Å². The molecule has 0 radical (unpaired) electrons. The molecule has 0 spiro atoms. The Bertz CT molecular complexity index is 1030. The Morgan fingerprint density at radius 1 is 1.09 bits per heavy atom. The predicted octanol–water partition coefficient (Wildman–Crippen LogP) is 5.64. The Labute approximate surface area is 190 Å². The molecule has 3 rings (SSSR count). The third-order valence-electron chi connectivity index (χ3n) is 5.94. The number of aromatic nitrogens is 1. The van der Waals surface area contributed by atoms with Gasteiger partial charge in [-0.3, -0.25) is 4.79 Å². The van der Waals surface area contributed by atoms with E-state index in [1.807, 2.05) is 60.5 Å². The van der Waals surface area contributed by atoms with Gasteiger partial charge in [0.05, 0.1) is 19.2 Å². The maximum atomic E-state index is 13.6. The molecule has 1 aromatic heterocycles. The van der Waals surface area contributed by atoms with Crippen molar-refractivity contribution >= 4 is 11.8 Å². The lowest BCUT2D eigenvalue weighted by molar-refractivity contribution is 0.0671. The van der Waals surface area contributed by atoms with E-state index in [9.17, 15) is 4.79 Å². The van der Waals surface area contributed by atoms with E-state index in [1.54, 1.807) is 13.2 Å². The van der Waals surface area contributed by atoms with E-state index in [2.05, 4.69) is 37.8 Å². The normalized spacial score (nSPS) is 12.0. The summed E-state index contributed by atoms with van der Waals surface area (Å²) in [6, 6.07) is 17.5. The van der Waals surface area contributed by atoms with Crippen molar-refractivity contribution in [1.29, 1.82) is 0 Å². The van der Waals surface area contributed by atoms with Crippen LogP contribution < -0.4 is 9.64 Å². The van der Waals surface area contributed by atoms with E-state index < -0.39 is 0 Å². The second kappa shape index (κ2) is 10.4. The maximum absolute atomic E-state index is 13.6. The van der Waals surface area contributed by atoms with Crippen LogP contribution in [0.25, 0.3) is 11.3 Å². The van der Waals surface area contributed by atoms with Crippen LogP contribution in [-0.4, -0.2) is 42.2 Å². The fraction of sp³-hybridized carbons (Fsp3) is 0.385. The quantitative estimate of drug-likeness (QED) is 0.436. The van der Waals surface area contributed by atoms with Crippen LogP contribution in [0.2, 0.25) is 0 Å². The second-order valence-corrected chi connectivity index (χ2v) is 8.31. The zero-order valence-electron chi connectivity index (χ0n) is 19.8. The first kappa shape index (κ1) is 23.4. The van der Waals surface area contributed by atoms with Gasteiger partial charge in [0.25, 0.3) is 5.91 Å². The molecule has 2 aromatic carbocycles. The summed E-state index contributed by atoms with van der Waals surface area (Å²) in [5.74, 6) is 1.30. The number of carbonyl (C=O) groups excluding carboxylic acids is 1. The molecule has 0 aliphatic carbocycles. The van der Waals surface area contributed by atoms with Crippen LogP contribution >= 0.6 is 0 Å². The average molecular weight is 436 g/mol. The highest BCUT2D eigenvalue weighted by Crippen LogP contribution is 2.34. The molecule has 0 N–H and O–H groups in total. The zero-order chi connectivity index (χ0) is 23.3. The Morgan fingerprint density at radius 2 is 1.81 bits per heavy atom. The van der Waals surface area contributed by atoms with Crippen LogP contribution in [-0.2, 0) is 6.54 Å². The van der Waals surface area contributed by atoms with Crippen molar-refractivity contribution in [2.45, 2.75) is 52.7 Å². The molecular formula is C26H33N3O3. The molecule has 1 heterocycles. The van der Waals surface area contributed by atoms with Gasteiger partial charge in [-0.15, -0.1) is 0 Å². The zero-order valence-corrected chi connectivity index (χ0v) is 19.8. The van der Waals surface area contributed by atoms with E-state index >= 15 is 0 Å². The molecule has 3 aromatic rings. The number of rotatable bonds is 9. The first-order valence-electron chi connectivity index (χ1n) is 11.1. The van der Waals surface area contributed by atoms with Crippen molar-refractivity contribution in [3.63, 3.8) is 0 Å². The lowest BCUT2D eigenvalue weighted by atomic mass is 10.0. The van der Waals surface area contributed by atoms with Gasteiger partial charge in [0.15, 0.2) is 0 Å². The van der Waals surface area contributed by atoms with Gasteiger partial charge >= 0.3 is 0 Å². The van der Waals surface area contributed by atoms with Crippen molar-refractivity contribution in [3.05, 3.63) is 65.7 Å². The fourth-order valence-corrected chi connectivity index (χ4v) is 3.52. The fourth-order valence-electron chi connectivity index (χ4n) is 3.52. The van der Waals surface area contributed by atoms with Crippen molar-refractivity contribution in [3.8, 4) is 17.0 Å². The largest absolute Gasteiger partial charge is 0.497 e. The highest BCUT2D eigenvalue weighted by atomic mass is 16.5. The molecule has 6 heteroatoms. The highest BCUT2D eigenvalue weighted by Gasteiger charge is 2.28.